The highest BCUT2D eigenvalue weighted by Crippen LogP contribution is 2.15. The van der Waals surface area contributed by atoms with Crippen molar-refractivity contribution < 1.29 is 0 Å². The van der Waals surface area contributed by atoms with Gasteiger partial charge in [-0.1, -0.05) is 38.1 Å². The van der Waals surface area contributed by atoms with E-state index in [2.05, 4.69) is 49.4 Å². The number of nitrogens with zero attached hydrogens (tertiary/aromatic N) is 2. The highest BCUT2D eigenvalue weighted by molar-refractivity contribution is 5.24. The molecule has 0 saturated heterocycles. The summed E-state index contributed by atoms with van der Waals surface area (Å²) in [6, 6.07) is 8.76. The molecule has 1 aromatic heterocycles. The zero-order valence-corrected chi connectivity index (χ0v) is 11.1. The lowest BCUT2D eigenvalue weighted by Crippen LogP contribution is -2.02. The Kier molecular flexibility index (Phi) is 4.15. The Balaban J connectivity index is 2.03. The van der Waals surface area contributed by atoms with Gasteiger partial charge < -0.3 is 5.73 Å². The van der Waals surface area contributed by atoms with Gasteiger partial charge in [-0.05, 0) is 35.6 Å². The van der Waals surface area contributed by atoms with Crippen LogP contribution in [0.25, 0.3) is 0 Å². The van der Waals surface area contributed by atoms with Gasteiger partial charge in [0.2, 0.25) is 0 Å². The fraction of sp³-hybridized carbons (Fsp3) is 0.400. The zero-order chi connectivity index (χ0) is 13.0. The van der Waals surface area contributed by atoms with Crippen molar-refractivity contribution in [1.82, 2.24) is 9.78 Å². The van der Waals surface area contributed by atoms with Crippen LogP contribution in [0.2, 0.25) is 0 Å². The normalized spacial score (nSPS) is 11.1. The molecule has 2 N–H and O–H groups in total. The van der Waals surface area contributed by atoms with E-state index in [-0.39, 0.29) is 0 Å². The van der Waals surface area contributed by atoms with Crippen LogP contribution in [-0.4, -0.2) is 16.3 Å². The molecular weight excluding hydrogens is 222 g/mol. The second-order valence-electron chi connectivity index (χ2n) is 4.98. The number of rotatable bonds is 5. The summed E-state index contributed by atoms with van der Waals surface area (Å²) >= 11 is 0. The van der Waals surface area contributed by atoms with E-state index in [0.717, 1.165) is 13.0 Å². The standard InChI is InChI=1S/C15H21N3/c1-12(2)15-5-3-13(4-6-15)10-18-11-14(7-8-16)9-17-18/h3-6,9,11-12H,7-8,10,16H2,1-2H3. The van der Waals surface area contributed by atoms with E-state index >= 15 is 0 Å². The quantitative estimate of drug-likeness (QED) is 0.877. The van der Waals surface area contributed by atoms with Crippen LogP contribution >= 0.6 is 0 Å². The van der Waals surface area contributed by atoms with E-state index in [1.165, 1.54) is 16.7 Å². The number of hydrogen-bond acceptors (Lipinski definition) is 2. The maximum absolute atomic E-state index is 5.53. The fourth-order valence-electron chi connectivity index (χ4n) is 1.98. The fourth-order valence-corrected chi connectivity index (χ4v) is 1.98. The van der Waals surface area contributed by atoms with Crippen molar-refractivity contribution in [3.05, 3.63) is 53.3 Å². The summed E-state index contributed by atoms with van der Waals surface area (Å²) in [4.78, 5) is 0. The molecule has 0 amide bonds. The van der Waals surface area contributed by atoms with E-state index < -0.39 is 0 Å². The molecule has 2 rings (SSSR count). The molecule has 0 aliphatic rings. The Bertz CT molecular complexity index is 483. The smallest absolute Gasteiger partial charge is 0.0659 e. The lowest BCUT2D eigenvalue weighted by molar-refractivity contribution is 0.685. The van der Waals surface area contributed by atoms with Gasteiger partial charge in [-0.25, -0.2) is 0 Å². The molecule has 18 heavy (non-hydrogen) atoms. The van der Waals surface area contributed by atoms with Gasteiger partial charge in [-0.2, -0.15) is 5.10 Å². The number of aromatic nitrogens is 2. The highest BCUT2D eigenvalue weighted by atomic mass is 15.3. The van der Waals surface area contributed by atoms with Crippen molar-refractivity contribution in [2.45, 2.75) is 32.7 Å². The summed E-state index contributed by atoms with van der Waals surface area (Å²) in [6.07, 6.45) is 4.87. The van der Waals surface area contributed by atoms with Crippen molar-refractivity contribution in [1.29, 1.82) is 0 Å². The summed E-state index contributed by atoms with van der Waals surface area (Å²) in [7, 11) is 0. The molecule has 0 unspecified atom stereocenters. The molecular formula is C15H21N3. The molecule has 0 aliphatic carbocycles. The molecule has 0 saturated carbocycles. The van der Waals surface area contributed by atoms with Gasteiger partial charge in [0.25, 0.3) is 0 Å². The minimum absolute atomic E-state index is 0.583. The van der Waals surface area contributed by atoms with Crippen molar-refractivity contribution in [3.8, 4) is 0 Å². The van der Waals surface area contributed by atoms with E-state index in [1.807, 2.05) is 10.9 Å². The molecule has 0 atom stereocenters. The third-order valence-electron chi connectivity index (χ3n) is 3.11. The Morgan fingerprint density at radius 1 is 1.17 bits per heavy atom. The monoisotopic (exact) mass is 243 g/mol. The van der Waals surface area contributed by atoms with Gasteiger partial charge in [-0.15, -0.1) is 0 Å². The third-order valence-corrected chi connectivity index (χ3v) is 3.11. The molecule has 0 bridgehead atoms. The predicted octanol–water partition coefficient (Wildman–Crippen LogP) is 2.56. The SMILES string of the molecule is CC(C)c1ccc(Cn2cc(CCN)cn2)cc1. The van der Waals surface area contributed by atoms with Crippen LogP contribution in [0, 0.1) is 0 Å². The van der Waals surface area contributed by atoms with Crippen LogP contribution in [0.15, 0.2) is 36.7 Å². The van der Waals surface area contributed by atoms with Gasteiger partial charge in [0.15, 0.2) is 0 Å². The zero-order valence-electron chi connectivity index (χ0n) is 11.1. The maximum Gasteiger partial charge on any atom is 0.0659 e. The Hall–Kier alpha value is -1.61. The summed E-state index contributed by atoms with van der Waals surface area (Å²) in [5.74, 6) is 0.583. The first kappa shape index (κ1) is 12.8. The van der Waals surface area contributed by atoms with Crippen molar-refractivity contribution in [3.63, 3.8) is 0 Å². The van der Waals surface area contributed by atoms with Crippen LogP contribution in [0.4, 0.5) is 0 Å². The molecule has 0 radical (unpaired) electrons. The lowest BCUT2D eigenvalue weighted by Gasteiger charge is -2.07. The number of nitrogens with two attached hydrogens (primary N) is 1. The number of benzene rings is 1. The molecule has 3 nitrogen and oxygen atoms in total. The second-order valence-corrected chi connectivity index (χ2v) is 4.98. The molecule has 2 aromatic rings. The van der Waals surface area contributed by atoms with Gasteiger partial charge in [0.1, 0.15) is 0 Å². The molecule has 0 fully saturated rings. The summed E-state index contributed by atoms with van der Waals surface area (Å²) < 4.78 is 1.97. The maximum atomic E-state index is 5.53. The molecule has 1 aromatic carbocycles. The van der Waals surface area contributed by atoms with Crippen molar-refractivity contribution >= 4 is 0 Å². The lowest BCUT2D eigenvalue weighted by atomic mass is 10.0. The molecule has 96 valence electrons. The van der Waals surface area contributed by atoms with Crippen LogP contribution < -0.4 is 5.73 Å². The van der Waals surface area contributed by atoms with Crippen LogP contribution in [-0.2, 0) is 13.0 Å². The van der Waals surface area contributed by atoms with E-state index in [0.29, 0.717) is 12.5 Å². The summed E-state index contributed by atoms with van der Waals surface area (Å²) in [5, 5.41) is 4.35. The van der Waals surface area contributed by atoms with E-state index in [9.17, 15) is 0 Å². The Morgan fingerprint density at radius 3 is 2.50 bits per heavy atom. The summed E-state index contributed by atoms with van der Waals surface area (Å²) in [6.45, 7) is 5.92. The van der Waals surface area contributed by atoms with Crippen molar-refractivity contribution in [2.24, 2.45) is 5.73 Å². The predicted molar refractivity (Wildman–Crippen MR) is 74.6 cm³/mol. The van der Waals surface area contributed by atoms with Crippen molar-refractivity contribution in [2.75, 3.05) is 6.54 Å². The van der Waals surface area contributed by atoms with E-state index in [1.54, 1.807) is 0 Å². The van der Waals surface area contributed by atoms with Crippen LogP contribution in [0.1, 0.15) is 36.5 Å². The molecule has 1 heterocycles. The highest BCUT2D eigenvalue weighted by Gasteiger charge is 2.01. The van der Waals surface area contributed by atoms with Gasteiger partial charge in [-0.3, -0.25) is 4.68 Å². The minimum atomic E-state index is 0.583. The van der Waals surface area contributed by atoms with Gasteiger partial charge >= 0.3 is 0 Å². The third kappa shape index (κ3) is 3.20. The Labute approximate surface area is 109 Å². The average Bonchev–Trinajstić information content (AvgIpc) is 2.78. The Morgan fingerprint density at radius 2 is 1.89 bits per heavy atom. The largest absolute Gasteiger partial charge is 0.330 e. The van der Waals surface area contributed by atoms with Gasteiger partial charge in [0, 0.05) is 6.20 Å². The van der Waals surface area contributed by atoms with E-state index in [4.69, 9.17) is 5.73 Å². The first-order chi connectivity index (χ1) is 8.69. The first-order valence-corrected chi connectivity index (χ1v) is 6.49. The van der Waals surface area contributed by atoms with Gasteiger partial charge in [0.05, 0.1) is 12.7 Å². The average molecular weight is 243 g/mol. The summed E-state index contributed by atoms with van der Waals surface area (Å²) in [5.41, 5.74) is 9.39. The second kappa shape index (κ2) is 5.83. The van der Waals surface area contributed by atoms with Crippen LogP contribution in [0.5, 0.6) is 0 Å². The minimum Gasteiger partial charge on any atom is -0.330 e. The molecule has 0 spiro atoms. The number of hydrogen-bond donors (Lipinski definition) is 1. The topological polar surface area (TPSA) is 43.8 Å². The molecule has 3 heteroatoms. The molecule has 0 aliphatic heterocycles. The first-order valence-electron chi connectivity index (χ1n) is 6.49. The van der Waals surface area contributed by atoms with Crippen LogP contribution in [0.3, 0.4) is 0 Å².